The Morgan fingerprint density at radius 1 is 1.29 bits per heavy atom. The van der Waals surface area contributed by atoms with Crippen LogP contribution in [-0.2, 0) is 9.53 Å². The molecule has 2 atom stereocenters. The molecule has 0 amide bonds. The Balaban J connectivity index is 2.74. The van der Waals surface area contributed by atoms with Gasteiger partial charge < -0.3 is 20.1 Å². The van der Waals surface area contributed by atoms with Crippen molar-refractivity contribution in [1.29, 1.82) is 0 Å². The van der Waals surface area contributed by atoms with Crippen LogP contribution in [0.4, 0.5) is 0 Å². The van der Waals surface area contributed by atoms with Gasteiger partial charge in [0.15, 0.2) is 6.10 Å². The molecule has 0 aliphatic heterocycles. The highest BCUT2D eigenvalue weighted by Crippen LogP contribution is 2.26. The fraction of sp³-hybridized carbons (Fsp3) is 0.474. The van der Waals surface area contributed by atoms with Crippen LogP contribution in [0.15, 0.2) is 41.6 Å². The number of carbonyl (C=O) groups excluding carboxylic acids is 1. The number of benzene rings is 1. The van der Waals surface area contributed by atoms with Gasteiger partial charge in [0, 0.05) is 18.4 Å². The quantitative estimate of drug-likeness (QED) is 0.477. The first-order valence-electron chi connectivity index (χ1n) is 8.23. The molecule has 5 heteroatoms. The highest BCUT2D eigenvalue weighted by molar-refractivity contribution is 5.74. The zero-order chi connectivity index (χ0) is 17.9. The molecule has 1 aromatic rings. The van der Waals surface area contributed by atoms with Gasteiger partial charge in [-0.05, 0) is 31.1 Å². The van der Waals surface area contributed by atoms with Crippen LogP contribution in [0, 0.1) is 0 Å². The second-order valence-electron chi connectivity index (χ2n) is 5.48. The molecular weight excluding hydrogens is 308 g/mol. The lowest BCUT2D eigenvalue weighted by atomic mass is 10.0. The Labute approximate surface area is 142 Å². The van der Waals surface area contributed by atoms with E-state index in [-0.39, 0.29) is 25.2 Å². The summed E-state index contributed by atoms with van der Waals surface area (Å²) in [5.41, 5.74) is 4.30. The molecule has 0 saturated carbocycles. The van der Waals surface area contributed by atoms with Crippen LogP contribution in [0.2, 0.25) is 0 Å². The summed E-state index contributed by atoms with van der Waals surface area (Å²) in [5, 5.41) is 29.7. The summed E-state index contributed by atoms with van der Waals surface area (Å²) in [7, 11) is 0. The van der Waals surface area contributed by atoms with E-state index in [2.05, 4.69) is 5.73 Å². The van der Waals surface area contributed by atoms with Crippen molar-refractivity contribution < 1.29 is 24.9 Å². The molecule has 5 nitrogen and oxygen atoms in total. The molecule has 0 fully saturated rings. The summed E-state index contributed by atoms with van der Waals surface area (Å²) in [6.45, 7) is 3.91. The third-order valence-electron chi connectivity index (χ3n) is 3.49. The van der Waals surface area contributed by atoms with E-state index in [4.69, 9.17) is 4.74 Å². The number of aromatic hydroxyl groups is 1. The van der Waals surface area contributed by atoms with Gasteiger partial charge in [-0.25, -0.2) is 4.79 Å². The molecule has 132 valence electrons. The van der Waals surface area contributed by atoms with Gasteiger partial charge >= 0.3 is 5.97 Å². The number of aliphatic hydroxyl groups excluding tert-OH is 2. The minimum Gasteiger partial charge on any atom is -0.508 e. The number of esters is 1. The van der Waals surface area contributed by atoms with Crippen LogP contribution in [0.1, 0.15) is 51.2 Å². The average molecular weight is 334 g/mol. The van der Waals surface area contributed by atoms with Crippen molar-refractivity contribution in [2.24, 2.45) is 0 Å². The molecule has 24 heavy (non-hydrogen) atoms. The van der Waals surface area contributed by atoms with Crippen LogP contribution in [0.3, 0.4) is 0 Å². The Kier molecular flexibility index (Phi) is 8.87. The molecule has 1 rings (SSSR count). The summed E-state index contributed by atoms with van der Waals surface area (Å²) in [5.74, 6) is -0.587. The number of rotatable bonds is 9. The Bertz CT molecular complexity index is 587. The number of ether oxygens (including phenoxy) is 1. The second kappa shape index (κ2) is 10.7. The van der Waals surface area contributed by atoms with Crippen molar-refractivity contribution in [3.05, 3.63) is 47.2 Å². The number of phenols is 1. The maximum Gasteiger partial charge on any atom is 0.335 e. The summed E-state index contributed by atoms with van der Waals surface area (Å²) in [6.07, 6.45) is 1.62. The predicted molar refractivity (Wildman–Crippen MR) is 91.4 cm³/mol. The zero-order valence-electron chi connectivity index (χ0n) is 14.2. The Morgan fingerprint density at radius 2 is 2.00 bits per heavy atom. The Hall–Kier alpha value is -2.07. The normalized spacial score (nSPS) is 12.8. The fourth-order valence-electron chi connectivity index (χ4n) is 2.30. The third kappa shape index (κ3) is 6.59. The van der Waals surface area contributed by atoms with Crippen molar-refractivity contribution in [3.8, 4) is 5.75 Å². The number of aliphatic hydroxyl groups is 2. The molecule has 0 bridgehead atoms. The van der Waals surface area contributed by atoms with Crippen LogP contribution < -0.4 is 0 Å². The number of hydrogen-bond acceptors (Lipinski definition) is 5. The highest BCUT2D eigenvalue weighted by atomic mass is 16.5. The molecule has 0 aliphatic rings. The number of carbonyl (C=O) groups is 1. The summed E-state index contributed by atoms with van der Waals surface area (Å²) < 4.78 is 4.79. The van der Waals surface area contributed by atoms with Crippen LogP contribution >= 0.6 is 0 Å². The van der Waals surface area contributed by atoms with Crippen molar-refractivity contribution in [2.45, 2.75) is 51.7 Å². The molecule has 3 N–H and O–H groups in total. The van der Waals surface area contributed by atoms with Crippen molar-refractivity contribution in [3.63, 3.8) is 0 Å². The van der Waals surface area contributed by atoms with Gasteiger partial charge in [0.25, 0.3) is 0 Å². The van der Waals surface area contributed by atoms with E-state index in [0.29, 0.717) is 12.0 Å². The van der Waals surface area contributed by atoms with Gasteiger partial charge in [0.1, 0.15) is 5.75 Å². The van der Waals surface area contributed by atoms with E-state index in [1.165, 1.54) is 6.07 Å². The van der Waals surface area contributed by atoms with Gasteiger partial charge in [-0.2, -0.15) is 0 Å². The van der Waals surface area contributed by atoms with Crippen molar-refractivity contribution in [1.82, 2.24) is 0 Å². The molecule has 0 saturated heterocycles. The van der Waals surface area contributed by atoms with Crippen LogP contribution in [-0.4, -0.2) is 34.0 Å². The molecule has 0 radical (unpaired) electrons. The van der Waals surface area contributed by atoms with Gasteiger partial charge in [0.2, 0.25) is 0 Å². The molecule has 0 aromatic heterocycles. The molecular formula is C19H26O5. The summed E-state index contributed by atoms with van der Waals surface area (Å²) in [6, 6.07) is 6.62. The highest BCUT2D eigenvalue weighted by Gasteiger charge is 2.17. The van der Waals surface area contributed by atoms with Gasteiger partial charge in [0.05, 0.1) is 12.7 Å². The van der Waals surface area contributed by atoms with Crippen LogP contribution in [0.25, 0.3) is 0 Å². The average Bonchev–Trinajstić information content (AvgIpc) is 2.55. The summed E-state index contributed by atoms with van der Waals surface area (Å²) >= 11 is 0. The van der Waals surface area contributed by atoms with Gasteiger partial charge in [-0.1, -0.05) is 31.5 Å². The molecule has 0 unspecified atom stereocenters. The largest absolute Gasteiger partial charge is 0.508 e. The first-order valence-corrected chi connectivity index (χ1v) is 8.23. The maximum atomic E-state index is 11.5. The van der Waals surface area contributed by atoms with E-state index in [9.17, 15) is 20.1 Å². The maximum absolute atomic E-state index is 11.5. The minimum absolute atomic E-state index is 0.0499. The third-order valence-corrected chi connectivity index (χ3v) is 3.49. The van der Waals surface area contributed by atoms with Crippen LogP contribution in [0.5, 0.6) is 5.75 Å². The summed E-state index contributed by atoms with van der Waals surface area (Å²) in [4.78, 5) is 11.5. The first kappa shape index (κ1) is 20.0. The van der Waals surface area contributed by atoms with Gasteiger partial charge in [-0.15, -0.1) is 5.73 Å². The SMILES string of the molecule is CCCC(=C=CC[C@@H](O)c1ccccc1O)C[C@@H](O)C(=O)OCC. The van der Waals surface area contributed by atoms with E-state index >= 15 is 0 Å². The predicted octanol–water partition coefficient (Wildman–Crippen LogP) is 3.01. The first-order chi connectivity index (χ1) is 11.5. The zero-order valence-corrected chi connectivity index (χ0v) is 14.2. The van der Waals surface area contributed by atoms with E-state index in [0.717, 1.165) is 12.0 Å². The topological polar surface area (TPSA) is 87.0 Å². The molecule has 0 spiro atoms. The lowest BCUT2D eigenvalue weighted by Gasteiger charge is -2.11. The smallest absolute Gasteiger partial charge is 0.335 e. The molecule has 1 aromatic carbocycles. The van der Waals surface area contributed by atoms with Crippen molar-refractivity contribution in [2.75, 3.05) is 6.61 Å². The second-order valence-corrected chi connectivity index (χ2v) is 5.48. The fourth-order valence-corrected chi connectivity index (χ4v) is 2.30. The minimum atomic E-state index is -1.20. The standard InChI is InChI=1S/C19H26O5/c1-3-8-14(13-18(22)19(23)24-4-2)9-7-12-17(21)15-10-5-6-11-16(15)20/h5-7,10-11,17-18,20-22H,3-4,8,12-13H2,1-2H3/t9?,17-,18-/m1/s1. The lowest BCUT2D eigenvalue weighted by molar-refractivity contribution is -0.152. The molecule has 0 heterocycles. The van der Waals surface area contributed by atoms with E-state index in [1.807, 2.05) is 6.92 Å². The van der Waals surface area contributed by atoms with Crippen molar-refractivity contribution >= 4 is 5.97 Å². The number of phenolic OH excluding ortho intramolecular Hbond substituents is 1. The monoisotopic (exact) mass is 334 g/mol. The number of para-hydroxylation sites is 1. The number of hydrogen-bond donors (Lipinski definition) is 3. The van der Waals surface area contributed by atoms with Gasteiger partial charge in [-0.3, -0.25) is 0 Å². The molecule has 0 aliphatic carbocycles. The van der Waals surface area contributed by atoms with E-state index in [1.54, 1.807) is 31.2 Å². The lowest BCUT2D eigenvalue weighted by Crippen LogP contribution is -2.23. The Morgan fingerprint density at radius 3 is 2.62 bits per heavy atom. The van der Waals surface area contributed by atoms with E-state index < -0.39 is 18.2 Å².